The van der Waals surface area contributed by atoms with Gasteiger partial charge in [0.25, 0.3) is 0 Å². The maximum atomic E-state index is 5.32. The fourth-order valence-electron chi connectivity index (χ4n) is 3.95. The number of benzene rings is 2. The maximum Gasteiger partial charge on any atom is 0.166 e. The van der Waals surface area contributed by atoms with Gasteiger partial charge in [-0.2, -0.15) is 5.10 Å². The highest BCUT2D eigenvalue weighted by atomic mass is 32.2. The summed E-state index contributed by atoms with van der Waals surface area (Å²) in [6.07, 6.45) is 3.44. The maximum absolute atomic E-state index is 5.32. The Labute approximate surface area is 205 Å². The zero-order valence-corrected chi connectivity index (χ0v) is 21.1. The van der Waals surface area contributed by atoms with Crippen LogP contribution in [0, 0.1) is 13.8 Å². The smallest absolute Gasteiger partial charge is 0.166 e. The van der Waals surface area contributed by atoms with Crippen LogP contribution in [-0.4, -0.2) is 39.7 Å². The highest BCUT2D eigenvalue weighted by Crippen LogP contribution is 2.34. The first-order valence-electron chi connectivity index (χ1n) is 11.6. The molecule has 4 rings (SSSR count). The molecule has 0 aliphatic heterocycles. The Bertz CT molecular complexity index is 1130. The number of hydrogen-bond acceptors (Lipinski definition) is 5. The van der Waals surface area contributed by atoms with Crippen molar-refractivity contribution in [3.05, 3.63) is 66.0 Å². The minimum Gasteiger partial charge on any atom is -0.497 e. The molecule has 7 heteroatoms. The molecule has 1 N–H and O–H groups in total. The Morgan fingerprint density at radius 3 is 2.09 bits per heavy atom. The first-order chi connectivity index (χ1) is 16.6. The van der Waals surface area contributed by atoms with E-state index in [1.165, 1.54) is 12.1 Å². The van der Waals surface area contributed by atoms with Crippen molar-refractivity contribution in [2.24, 2.45) is 0 Å². The van der Waals surface area contributed by atoms with E-state index in [1.807, 2.05) is 31.2 Å². The SMILES string of the molecule is COc1ccc(-c2nc(SCCCCCn3nc(C)cc3C)[nH]c2-c2ccc(OC)cc2)cc1. The molecule has 0 bridgehead atoms. The molecule has 0 fully saturated rings. The summed E-state index contributed by atoms with van der Waals surface area (Å²) in [5, 5.41) is 5.49. The Kier molecular flexibility index (Phi) is 7.95. The number of imidazole rings is 1. The van der Waals surface area contributed by atoms with Crippen molar-refractivity contribution in [2.45, 2.75) is 44.8 Å². The predicted molar refractivity (Wildman–Crippen MR) is 139 cm³/mol. The fraction of sp³-hybridized carbons (Fsp3) is 0.333. The van der Waals surface area contributed by atoms with Crippen LogP contribution in [0.2, 0.25) is 0 Å². The Balaban J connectivity index is 1.42. The fourth-order valence-corrected chi connectivity index (χ4v) is 4.83. The molecule has 34 heavy (non-hydrogen) atoms. The number of nitrogens with one attached hydrogen (secondary N) is 1. The van der Waals surface area contributed by atoms with Gasteiger partial charge in [0, 0.05) is 29.1 Å². The zero-order chi connectivity index (χ0) is 23.9. The topological polar surface area (TPSA) is 65.0 Å². The summed E-state index contributed by atoms with van der Waals surface area (Å²) in [6, 6.07) is 18.3. The van der Waals surface area contributed by atoms with E-state index in [0.717, 1.165) is 70.0 Å². The van der Waals surface area contributed by atoms with Gasteiger partial charge < -0.3 is 14.5 Å². The lowest BCUT2D eigenvalue weighted by atomic mass is 10.0. The Morgan fingerprint density at radius 2 is 1.50 bits per heavy atom. The lowest BCUT2D eigenvalue weighted by Gasteiger charge is -2.06. The van der Waals surface area contributed by atoms with Crippen LogP contribution in [0.15, 0.2) is 59.8 Å². The largest absolute Gasteiger partial charge is 0.497 e. The van der Waals surface area contributed by atoms with Gasteiger partial charge in [0.2, 0.25) is 0 Å². The van der Waals surface area contributed by atoms with Gasteiger partial charge in [0.15, 0.2) is 5.16 Å². The second-order valence-electron chi connectivity index (χ2n) is 8.28. The monoisotopic (exact) mass is 476 g/mol. The number of unbranched alkanes of at least 4 members (excludes halogenated alkanes) is 2. The molecule has 178 valence electrons. The van der Waals surface area contributed by atoms with Crippen LogP contribution in [0.3, 0.4) is 0 Å². The number of hydrogen-bond donors (Lipinski definition) is 1. The van der Waals surface area contributed by atoms with E-state index in [4.69, 9.17) is 14.5 Å². The van der Waals surface area contributed by atoms with Crippen LogP contribution < -0.4 is 9.47 Å². The van der Waals surface area contributed by atoms with Gasteiger partial charge in [0.1, 0.15) is 11.5 Å². The number of methoxy groups -OCH3 is 2. The molecule has 0 spiro atoms. The second-order valence-corrected chi connectivity index (χ2v) is 9.37. The van der Waals surface area contributed by atoms with Gasteiger partial charge in [-0.25, -0.2) is 4.98 Å². The number of H-pyrrole nitrogens is 1. The molecule has 0 radical (unpaired) electrons. The molecule has 0 aliphatic carbocycles. The van der Waals surface area contributed by atoms with Crippen LogP contribution in [0.25, 0.3) is 22.5 Å². The molecule has 2 aromatic heterocycles. The average molecular weight is 477 g/mol. The van der Waals surface area contributed by atoms with Crippen LogP contribution in [0.1, 0.15) is 30.7 Å². The molecular formula is C27H32N4O2S. The predicted octanol–water partition coefficient (Wildman–Crippen LogP) is 6.54. The van der Waals surface area contributed by atoms with Crippen LogP contribution in [-0.2, 0) is 6.54 Å². The quantitative estimate of drug-likeness (QED) is 0.197. The molecule has 0 amide bonds. The summed E-state index contributed by atoms with van der Waals surface area (Å²) in [4.78, 5) is 8.51. The van der Waals surface area contributed by atoms with E-state index >= 15 is 0 Å². The van der Waals surface area contributed by atoms with E-state index in [9.17, 15) is 0 Å². The number of ether oxygens (including phenoxy) is 2. The molecule has 0 saturated carbocycles. The number of aryl methyl sites for hydroxylation is 3. The number of rotatable bonds is 11. The lowest BCUT2D eigenvalue weighted by Crippen LogP contribution is -2.02. The normalized spacial score (nSPS) is 11.1. The van der Waals surface area contributed by atoms with Crippen LogP contribution >= 0.6 is 11.8 Å². The highest BCUT2D eigenvalue weighted by Gasteiger charge is 2.15. The van der Waals surface area contributed by atoms with Crippen molar-refractivity contribution in [3.8, 4) is 34.0 Å². The molecule has 2 aromatic carbocycles. The summed E-state index contributed by atoms with van der Waals surface area (Å²) >= 11 is 1.78. The third kappa shape index (κ3) is 5.83. The summed E-state index contributed by atoms with van der Waals surface area (Å²) in [7, 11) is 3.36. The first-order valence-corrected chi connectivity index (χ1v) is 12.6. The number of thioether (sulfide) groups is 1. The van der Waals surface area contributed by atoms with Gasteiger partial charge in [-0.1, -0.05) is 18.2 Å². The zero-order valence-electron chi connectivity index (χ0n) is 20.3. The second kappa shape index (κ2) is 11.3. The van der Waals surface area contributed by atoms with Gasteiger partial charge in [0.05, 0.1) is 31.3 Å². The van der Waals surface area contributed by atoms with E-state index in [0.29, 0.717) is 0 Å². The summed E-state index contributed by atoms with van der Waals surface area (Å²) in [5.74, 6) is 2.69. The Morgan fingerprint density at radius 1 is 0.853 bits per heavy atom. The van der Waals surface area contributed by atoms with Gasteiger partial charge >= 0.3 is 0 Å². The summed E-state index contributed by atoms with van der Waals surface area (Å²) in [6.45, 7) is 5.14. The summed E-state index contributed by atoms with van der Waals surface area (Å²) < 4.78 is 12.8. The standard InChI is InChI=1S/C27H32N4O2S/c1-19-18-20(2)31(30-19)16-6-5-7-17-34-27-28-25(21-8-12-23(32-3)13-9-21)26(29-27)22-10-14-24(33-4)15-11-22/h8-15,18H,5-7,16-17H2,1-4H3,(H,28,29). The molecule has 4 aromatic rings. The Hall–Kier alpha value is -3.19. The van der Waals surface area contributed by atoms with Crippen molar-refractivity contribution in [1.29, 1.82) is 0 Å². The molecule has 6 nitrogen and oxygen atoms in total. The van der Waals surface area contributed by atoms with Crippen molar-refractivity contribution >= 4 is 11.8 Å². The summed E-state index contributed by atoms with van der Waals surface area (Å²) in [5.41, 5.74) is 6.42. The molecular weight excluding hydrogens is 444 g/mol. The van der Waals surface area contributed by atoms with Crippen molar-refractivity contribution in [1.82, 2.24) is 19.7 Å². The van der Waals surface area contributed by atoms with Crippen LogP contribution in [0.5, 0.6) is 11.5 Å². The third-order valence-corrected chi connectivity index (χ3v) is 6.74. The molecule has 0 saturated heterocycles. The van der Waals surface area contributed by atoms with E-state index < -0.39 is 0 Å². The average Bonchev–Trinajstić information content (AvgIpc) is 3.43. The van der Waals surface area contributed by atoms with Crippen molar-refractivity contribution in [2.75, 3.05) is 20.0 Å². The van der Waals surface area contributed by atoms with E-state index in [1.54, 1.807) is 26.0 Å². The number of aromatic nitrogens is 4. The minimum atomic E-state index is 0.834. The third-order valence-electron chi connectivity index (χ3n) is 5.78. The molecule has 0 atom stereocenters. The first kappa shape index (κ1) is 24.0. The van der Waals surface area contributed by atoms with Crippen molar-refractivity contribution < 1.29 is 9.47 Å². The lowest BCUT2D eigenvalue weighted by molar-refractivity contribution is 0.414. The van der Waals surface area contributed by atoms with Crippen molar-refractivity contribution in [3.63, 3.8) is 0 Å². The highest BCUT2D eigenvalue weighted by molar-refractivity contribution is 7.99. The number of nitrogens with zero attached hydrogens (tertiary/aromatic N) is 3. The van der Waals surface area contributed by atoms with Gasteiger partial charge in [-0.15, -0.1) is 0 Å². The van der Waals surface area contributed by atoms with E-state index in [-0.39, 0.29) is 0 Å². The molecule has 0 unspecified atom stereocenters. The van der Waals surface area contributed by atoms with Gasteiger partial charge in [-0.3, -0.25) is 4.68 Å². The number of aromatic amines is 1. The van der Waals surface area contributed by atoms with Crippen LogP contribution in [0.4, 0.5) is 0 Å². The van der Waals surface area contributed by atoms with Gasteiger partial charge in [-0.05, 0) is 81.3 Å². The molecule has 0 aliphatic rings. The van der Waals surface area contributed by atoms with E-state index in [2.05, 4.69) is 52.0 Å². The molecule has 2 heterocycles. The minimum absolute atomic E-state index is 0.834.